The van der Waals surface area contributed by atoms with E-state index in [2.05, 4.69) is 11.4 Å². The molecule has 2 N–H and O–H groups in total. The van der Waals surface area contributed by atoms with E-state index in [-0.39, 0.29) is 12.5 Å². The summed E-state index contributed by atoms with van der Waals surface area (Å²) in [6, 6.07) is 9.18. The maximum absolute atomic E-state index is 11.8. The first-order valence-electron chi connectivity index (χ1n) is 7.30. The van der Waals surface area contributed by atoms with Gasteiger partial charge in [0.05, 0.1) is 11.6 Å². The van der Waals surface area contributed by atoms with E-state index >= 15 is 0 Å². The van der Waals surface area contributed by atoms with Crippen molar-refractivity contribution < 1.29 is 9.90 Å². The zero-order valence-corrected chi connectivity index (χ0v) is 12.0. The van der Waals surface area contributed by atoms with Crippen LogP contribution in [0.25, 0.3) is 6.08 Å². The Morgan fingerprint density at radius 2 is 2.24 bits per heavy atom. The van der Waals surface area contributed by atoms with Crippen molar-refractivity contribution >= 4 is 12.0 Å². The number of nitrogens with zero attached hydrogens (tertiary/aromatic N) is 1. The molecule has 1 aliphatic rings. The van der Waals surface area contributed by atoms with Gasteiger partial charge < -0.3 is 10.4 Å². The molecule has 1 aromatic carbocycles. The van der Waals surface area contributed by atoms with E-state index in [1.165, 1.54) is 6.08 Å². The molecule has 1 saturated carbocycles. The molecule has 1 fully saturated rings. The Kier molecular flexibility index (Phi) is 5.53. The van der Waals surface area contributed by atoms with Crippen LogP contribution in [0.4, 0.5) is 0 Å². The Hall–Kier alpha value is -2.12. The van der Waals surface area contributed by atoms with Gasteiger partial charge in [0.15, 0.2) is 0 Å². The highest BCUT2D eigenvalue weighted by molar-refractivity contribution is 5.91. The molecule has 21 heavy (non-hydrogen) atoms. The van der Waals surface area contributed by atoms with Crippen LogP contribution in [-0.2, 0) is 4.79 Å². The first-order chi connectivity index (χ1) is 10.2. The average molecular weight is 284 g/mol. The number of benzene rings is 1. The van der Waals surface area contributed by atoms with Crippen LogP contribution in [0, 0.1) is 23.2 Å². The highest BCUT2D eigenvalue weighted by Gasteiger charge is 2.26. The maximum atomic E-state index is 11.8. The molecular weight excluding hydrogens is 264 g/mol. The Labute approximate surface area is 125 Å². The first-order valence-corrected chi connectivity index (χ1v) is 7.30. The summed E-state index contributed by atoms with van der Waals surface area (Å²) in [6.07, 6.45) is 6.43. The lowest BCUT2D eigenvalue weighted by atomic mass is 9.97. The van der Waals surface area contributed by atoms with Crippen molar-refractivity contribution in [2.45, 2.75) is 19.3 Å². The largest absolute Gasteiger partial charge is 0.396 e. The summed E-state index contributed by atoms with van der Waals surface area (Å²) in [5.41, 5.74) is 1.41. The Morgan fingerprint density at radius 1 is 1.43 bits per heavy atom. The molecule has 1 amide bonds. The lowest BCUT2D eigenvalue weighted by Gasteiger charge is -2.17. The molecule has 2 atom stereocenters. The van der Waals surface area contributed by atoms with Crippen LogP contribution < -0.4 is 5.32 Å². The number of hydrogen-bond acceptors (Lipinski definition) is 3. The van der Waals surface area contributed by atoms with Gasteiger partial charge in [0.25, 0.3) is 0 Å². The number of nitrogens with one attached hydrogen (secondary N) is 1. The highest BCUT2D eigenvalue weighted by Crippen LogP contribution is 2.30. The van der Waals surface area contributed by atoms with Gasteiger partial charge in [0, 0.05) is 19.2 Å². The summed E-state index contributed by atoms with van der Waals surface area (Å²) >= 11 is 0. The number of aliphatic hydroxyl groups is 1. The predicted molar refractivity (Wildman–Crippen MR) is 81.1 cm³/mol. The van der Waals surface area contributed by atoms with Crippen molar-refractivity contribution in [1.82, 2.24) is 5.32 Å². The fraction of sp³-hybridized carbons (Fsp3) is 0.412. The minimum Gasteiger partial charge on any atom is -0.396 e. The third-order valence-corrected chi connectivity index (χ3v) is 4.03. The van der Waals surface area contributed by atoms with Crippen molar-refractivity contribution in [2.75, 3.05) is 13.2 Å². The molecule has 0 spiro atoms. The van der Waals surface area contributed by atoms with Crippen LogP contribution in [0.1, 0.15) is 30.4 Å². The molecular formula is C17H20N2O2. The lowest BCUT2D eigenvalue weighted by Crippen LogP contribution is -2.30. The summed E-state index contributed by atoms with van der Waals surface area (Å²) < 4.78 is 0. The van der Waals surface area contributed by atoms with Crippen LogP contribution in [-0.4, -0.2) is 24.2 Å². The third-order valence-electron chi connectivity index (χ3n) is 4.03. The van der Waals surface area contributed by atoms with E-state index in [0.717, 1.165) is 24.8 Å². The van der Waals surface area contributed by atoms with Crippen molar-refractivity contribution in [3.8, 4) is 6.07 Å². The van der Waals surface area contributed by atoms with E-state index in [1.807, 2.05) is 6.07 Å². The third kappa shape index (κ3) is 4.44. The van der Waals surface area contributed by atoms with Crippen molar-refractivity contribution in [1.29, 1.82) is 5.26 Å². The minimum absolute atomic E-state index is 0.138. The molecule has 0 aliphatic heterocycles. The van der Waals surface area contributed by atoms with Crippen LogP contribution in [0.5, 0.6) is 0 Å². The quantitative estimate of drug-likeness (QED) is 0.813. The zero-order valence-electron chi connectivity index (χ0n) is 12.0. The average Bonchev–Trinajstić information content (AvgIpc) is 2.98. The monoisotopic (exact) mass is 284 g/mol. The van der Waals surface area contributed by atoms with Gasteiger partial charge in [-0.05, 0) is 48.4 Å². The van der Waals surface area contributed by atoms with Crippen LogP contribution in [0.3, 0.4) is 0 Å². The summed E-state index contributed by atoms with van der Waals surface area (Å²) in [5, 5.41) is 21.0. The van der Waals surface area contributed by atoms with Crippen molar-refractivity contribution in [3.63, 3.8) is 0 Å². The van der Waals surface area contributed by atoms with Gasteiger partial charge in [0.2, 0.25) is 5.91 Å². The Morgan fingerprint density at radius 3 is 3.00 bits per heavy atom. The van der Waals surface area contributed by atoms with Gasteiger partial charge in [-0.3, -0.25) is 4.79 Å². The van der Waals surface area contributed by atoms with Gasteiger partial charge in [-0.2, -0.15) is 5.26 Å². The molecule has 0 radical (unpaired) electrons. The number of hydrogen-bond donors (Lipinski definition) is 2. The molecule has 110 valence electrons. The number of nitriles is 1. The highest BCUT2D eigenvalue weighted by atomic mass is 16.3. The molecule has 2 unspecified atom stereocenters. The molecule has 2 rings (SSSR count). The smallest absolute Gasteiger partial charge is 0.244 e. The van der Waals surface area contributed by atoms with Gasteiger partial charge >= 0.3 is 0 Å². The van der Waals surface area contributed by atoms with E-state index < -0.39 is 0 Å². The van der Waals surface area contributed by atoms with Crippen molar-refractivity contribution in [2.24, 2.45) is 11.8 Å². The standard InChI is InChI=1S/C17H20N2O2/c18-10-14-4-1-3-13(9-14)7-8-17(21)19-11-15-5-2-6-16(15)12-20/h1,3-4,7-9,15-16,20H,2,5-6,11-12H2,(H,19,21). The van der Waals surface area contributed by atoms with E-state index in [4.69, 9.17) is 5.26 Å². The van der Waals surface area contributed by atoms with Crippen LogP contribution in [0.15, 0.2) is 30.3 Å². The normalized spacial score (nSPS) is 21.3. The topological polar surface area (TPSA) is 73.1 Å². The van der Waals surface area contributed by atoms with E-state index in [9.17, 15) is 9.90 Å². The molecule has 0 aromatic heterocycles. The lowest BCUT2D eigenvalue weighted by molar-refractivity contribution is -0.116. The fourth-order valence-electron chi connectivity index (χ4n) is 2.80. The summed E-state index contributed by atoms with van der Waals surface area (Å²) in [6.45, 7) is 0.823. The second-order valence-electron chi connectivity index (χ2n) is 5.45. The molecule has 4 nitrogen and oxygen atoms in total. The fourth-order valence-corrected chi connectivity index (χ4v) is 2.80. The zero-order chi connectivity index (χ0) is 15.1. The summed E-state index contributed by atoms with van der Waals surface area (Å²) in [5.74, 6) is 0.566. The Bertz CT molecular complexity index is 560. The Balaban J connectivity index is 1.84. The second kappa shape index (κ2) is 7.61. The van der Waals surface area contributed by atoms with Crippen LogP contribution in [0.2, 0.25) is 0 Å². The first kappa shape index (κ1) is 15.3. The van der Waals surface area contributed by atoms with Crippen molar-refractivity contribution in [3.05, 3.63) is 41.5 Å². The number of aliphatic hydroxyl groups excluding tert-OH is 1. The van der Waals surface area contributed by atoms with Gasteiger partial charge in [-0.1, -0.05) is 18.6 Å². The van der Waals surface area contributed by atoms with Crippen LogP contribution >= 0.6 is 0 Å². The van der Waals surface area contributed by atoms with E-state index in [0.29, 0.717) is 23.9 Å². The second-order valence-corrected chi connectivity index (χ2v) is 5.45. The van der Waals surface area contributed by atoms with E-state index in [1.54, 1.807) is 24.3 Å². The summed E-state index contributed by atoms with van der Waals surface area (Å²) in [7, 11) is 0. The number of amides is 1. The molecule has 1 aliphatic carbocycles. The minimum atomic E-state index is -0.138. The SMILES string of the molecule is N#Cc1cccc(C=CC(=O)NCC2CCCC2CO)c1. The summed E-state index contributed by atoms with van der Waals surface area (Å²) in [4.78, 5) is 11.8. The number of carbonyl (C=O) groups excluding carboxylic acids is 1. The number of carbonyl (C=O) groups is 1. The van der Waals surface area contributed by atoms with Gasteiger partial charge in [-0.15, -0.1) is 0 Å². The predicted octanol–water partition coefficient (Wildman–Crippen LogP) is 2.10. The molecule has 0 saturated heterocycles. The van der Waals surface area contributed by atoms with Gasteiger partial charge in [-0.25, -0.2) is 0 Å². The maximum Gasteiger partial charge on any atom is 0.244 e. The molecule has 0 bridgehead atoms. The van der Waals surface area contributed by atoms with Gasteiger partial charge in [0.1, 0.15) is 0 Å². The number of rotatable bonds is 5. The molecule has 1 aromatic rings. The molecule has 4 heteroatoms. The molecule has 0 heterocycles.